The molecule has 0 radical (unpaired) electrons. The number of amides is 1. The van der Waals surface area contributed by atoms with Gasteiger partial charge in [0.25, 0.3) is 0 Å². The van der Waals surface area contributed by atoms with E-state index in [4.69, 9.17) is 5.73 Å². The molecule has 2 N–H and O–H groups in total. The molecule has 0 aliphatic carbocycles. The van der Waals surface area contributed by atoms with Crippen LogP contribution in [0.2, 0.25) is 0 Å². The van der Waals surface area contributed by atoms with Crippen molar-refractivity contribution in [3.8, 4) is 0 Å². The summed E-state index contributed by atoms with van der Waals surface area (Å²) in [5, 5.41) is 0. The van der Waals surface area contributed by atoms with E-state index in [2.05, 4.69) is 38.1 Å². The van der Waals surface area contributed by atoms with Gasteiger partial charge in [0.2, 0.25) is 5.91 Å². The molecule has 1 aromatic carbocycles. The topological polar surface area (TPSA) is 46.3 Å². The Balaban J connectivity index is 2.46. The highest BCUT2D eigenvalue weighted by Gasteiger charge is 2.13. The summed E-state index contributed by atoms with van der Waals surface area (Å²) in [6.07, 6.45) is 1.39. The van der Waals surface area contributed by atoms with E-state index >= 15 is 0 Å². The van der Waals surface area contributed by atoms with E-state index in [1.165, 1.54) is 11.1 Å². The van der Waals surface area contributed by atoms with Gasteiger partial charge in [-0.2, -0.15) is 0 Å². The number of hydrogen-bond acceptors (Lipinski definition) is 2. The fourth-order valence-corrected chi connectivity index (χ4v) is 2.02. The molecular formula is C16H26N2O. The van der Waals surface area contributed by atoms with Crippen LogP contribution in [0.3, 0.4) is 0 Å². The Morgan fingerprint density at radius 2 is 1.95 bits per heavy atom. The van der Waals surface area contributed by atoms with Crippen molar-refractivity contribution in [1.29, 1.82) is 0 Å². The first-order valence-electron chi connectivity index (χ1n) is 7.10. The lowest BCUT2D eigenvalue weighted by Crippen LogP contribution is -2.36. The number of aryl methyl sites for hydroxylation is 2. The number of nitrogens with zero attached hydrogens (tertiary/aromatic N) is 1. The van der Waals surface area contributed by atoms with Gasteiger partial charge in [0.15, 0.2) is 0 Å². The monoisotopic (exact) mass is 262 g/mol. The first-order valence-corrected chi connectivity index (χ1v) is 7.10. The summed E-state index contributed by atoms with van der Waals surface area (Å²) in [5.74, 6) is 0.589. The molecule has 1 atom stereocenters. The summed E-state index contributed by atoms with van der Waals surface area (Å²) >= 11 is 0. The van der Waals surface area contributed by atoms with E-state index in [1.807, 2.05) is 11.8 Å². The minimum Gasteiger partial charge on any atom is -0.343 e. The van der Waals surface area contributed by atoms with Crippen molar-refractivity contribution in [2.75, 3.05) is 19.6 Å². The van der Waals surface area contributed by atoms with Crippen LogP contribution in [0, 0.1) is 12.8 Å². The molecule has 106 valence electrons. The SMILES string of the molecule is CCN(CC(C)CN)C(=O)CCc1ccc(C)cc1. The van der Waals surface area contributed by atoms with Gasteiger partial charge in [0.1, 0.15) is 0 Å². The first-order chi connectivity index (χ1) is 9.06. The van der Waals surface area contributed by atoms with Crippen LogP contribution in [-0.4, -0.2) is 30.4 Å². The Hall–Kier alpha value is -1.35. The zero-order valence-electron chi connectivity index (χ0n) is 12.4. The molecule has 0 aliphatic rings. The second kappa shape index (κ2) is 7.95. The Bertz CT molecular complexity index is 386. The summed E-state index contributed by atoms with van der Waals surface area (Å²) in [4.78, 5) is 14.1. The second-order valence-corrected chi connectivity index (χ2v) is 5.26. The summed E-state index contributed by atoms with van der Waals surface area (Å²) in [5.41, 5.74) is 8.09. The highest BCUT2D eigenvalue weighted by Crippen LogP contribution is 2.08. The number of benzene rings is 1. The number of carbonyl (C=O) groups is 1. The third-order valence-electron chi connectivity index (χ3n) is 3.42. The van der Waals surface area contributed by atoms with Crippen molar-refractivity contribution < 1.29 is 4.79 Å². The van der Waals surface area contributed by atoms with Gasteiger partial charge in [-0.05, 0) is 38.3 Å². The third-order valence-corrected chi connectivity index (χ3v) is 3.42. The van der Waals surface area contributed by atoms with Gasteiger partial charge in [-0.25, -0.2) is 0 Å². The van der Waals surface area contributed by atoms with Crippen LogP contribution < -0.4 is 5.73 Å². The Morgan fingerprint density at radius 3 is 2.47 bits per heavy atom. The molecule has 0 saturated carbocycles. The predicted octanol–water partition coefficient (Wildman–Crippen LogP) is 2.37. The van der Waals surface area contributed by atoms with Crippen molar-refractivity contribution >= 4 is 5.91 Å². The number of rotatable bonds is 7. The molecule has 3 nitrogen and oxygen atoms in total. The van der Waals surface area contributed by atoms with Gasteiger partial charge in [-0.1, -0.05) is 36.8 Å². The smallest absolute Gasteiger partial charge is 0.222 e. The van der Waals surface area contributed by atoms with E-state index < -0.39 is 0 Å². The van der Waals surface area contributed by atoms with Gasteiger partial charge in [-0.15, -0.1) is 0 Å². The lowest BCUT2D eigenvalue weighted by atomic mass is 10.1. The molecule has 1 rings (SSSR count). The molecule has 0 spiro atoms. The highest BCUT2D eigenvalue weighted by molar-refractivity contribution is 5.76. The molecule has 19 heavy (non-hydrogen) atoms. The van der Waals surface area contributed by atoms with E-state index in [1.54, 1.807) is 0 Å². The molecule has 1 unspecified atom stereocenters. The molecule has 1 amide bonds. The molecule has 3 heteroatoms. The summed E-state index contributed by atoms with van der Waals surface area (Å²) in [6, 6.07) is 8.38. The van der Waals surface area contributed by atoms with Crippen molar-refractivity contribution in [3.05, 3.63) is 35.4 Å². The lowest BCUT2D eigenvalue weighted by molar-refractivity contribution is -0.131. The van der Waals surface area contributed by atoms with Crippen LogP contribution >= 0.6 is 0 Å². The van der Waals surface area contributed by atoms with Crippen LogP contribution in [0.5, 0.6) is 0 Å². The minimum atomic E-state index is 0.225. The zero-order chi connectivity index (χ0) is 14.3. The molecule has 0 saturated heterocycles. The Kier molecular flexibility index (Phi) is 6.57. The maximum atomic E-state index is 12.2. The minimum absolute atomic E-state index is 0.225. The van der Waals surface area contributed by atoms with Gasteiger partial charge >= 0.3 is 0 Å². The average Bonchev–Trinajstić information content (AvgIpc) is 2.43. The highest BCUT2D eigenvalue weighted by atomic mass is 16.2. The standard InChI is InChI=1S/C16H26N2O/c1-4-18(12-14(3)11-17)16(19)10-9-15-7-5-13(2)6-8-15/h5-8,14H,4,9-12,17H2,1-3H3. The molecule has 0 aromatic heterocycles. The molecule has 0 bridgehead atoms. The summed E-state index contributed by atoms with van der Waals surface area (Å²) in [7, 11) is 0. The zero-order valence-corrected chi connectivity index (χ0v) is 12.4. The van der Waals surface area contributed by atoms with Gasteiger partial charge in [-0.3, -0.25) is 4.79 Å². The van der Waals surface area contributed by atoms with E-state index in [0.717, 1.165) is 19.5 Å². The Morgan fingerprint density at radius 1 is 1.32 bits per heavy atom. The van der Waals surface area contributed by atoms with Crippen LogP contribution in [0.15, 0.2) is 24.3 Å². The quantitative estimate of drug-likeness (QED) is 0.820. The van der Waals surface area contributed by atoms with Crippen molar-refractivity contribution in [3.63, 3.8) is 0 Å². The molecule has 1 aromatic rings. The molecule has 0 heterocycles. The van der Waals surface area contributed by atoms with Gasteiger partial charge < -0.3 is 10.6 Å². The molecule has 0 aliphatic heterocycles. The van der Waals surface area contributed by atoms with Crippen molar-refractivity contribution in [1.82, 2.24) is 4.90 Å². The number of nitrogens with two attached hydrogens (primary N) is 1. The first kappa shape index (κ1) is 15.7. The second-order valence-electron chi connectivity index (χ2n) is 5.26. The Labute approximate surface area is 116 Å². The predicted molar refractivity (Wildman–Crippen MR) is 80.0 cm³/mol. The van der Waals surface area contributed by atoms with E-state index in [-0.39, 0.29) is 5.91 Å². The fourth-order valence-electron chi connectivity index (χ4n) is 2.02. The maximum Gasteiger partial charge on any atom is 0.222 e. The molecule has 0 fully saturated rings. The van der Waals surface area contributed by atoms with Gasteiger partial charge in [0.05, 0.1) is 0 Å². The number of carbonyl (C=O) groups excluding carboxylic acids is 1. The summed E-state index contributed by atoms with van der Waals surface area (Å²) < 4.78 is 0. The van der Waals surface area contributed by atoms with Crippen molar-refractivity contribution in [2.24, 2.45) is 11.7 Å². The van der Waals surface area contributed by atoms with Crippen LogP contribution in [-0.2, 0) is 11.2 Å². The normalized spacial score (nSPS) is 12.2. The third kappa shape index (κ3) is 5.43. The van der Waals surface area contributed by atoms with Crippen LogP contribution in [0.1, 0.15) is 31.4 Å². The van der Waals surface area contributed by atoms with Crippen LogP contribution in [0.4, 0.5) is 0 Å². The van der Waals surface area contributed by atoms with E-state index in [0.29, 0.717) is 18.9 Å². The maximum absolute atomic E-state index is 12.2. The average molecular weight is 262 g/mol. The van der Waals surface area contributed by atoms with Crippen LogP contribution in [0.25, 0.3) is 0 Å². The summed E-state index contributed by atoms with van der Waals surface area (Å²) in [6.45, 7) is 8.32. The largest absolute Gasteiger partial charge is 0.343 e. The molecular weight excluding hydrogens is 236 g/mol. The lowest BCUT2D eigenvalue weighted by Gasteiger charge is -2.24. The fraction of sp³-hybridized carbons (Fsp3) is 0.562. The number of hydrogen-bond donors (Lipinski definition) is 1. The van der Waals surface area contributed by atoms with E-state index in [9.17, 15) is 4.79 Å². The van der Waals surface area contributed by atoms with Crippen molar-refractivity contribution in [2.45, 2.75) is 33.6 Å². The van der Waals surface area contributed by atoms with Gasteiger partial charge in [0, 0.05) is 19.5 Å².